The minimum absolute atomic E-state index is 0.0121. The second kappa shape index (κ2) is 9.38. The second-order valence-corrected chi connectivity index (χ2v) is 9.57. The molecule has 1 aromatic rings. The van der Waals surface area contributed by atoms with Crippen molar-refractivity contribution >= 4 is 27.5 Å². The predicted molar refractivity (Wildman–Crippen MR) is 108 cm³/mol. The van der Waals surface area contributed by atoms with Gasteiger partial charge in [-0.3, -0.25) is 9.69 Å². The third-order valence-corrected chi connectivity index (χ3v) is 6.91. The number of piperidine rings is 1. The Morgan fingerprint density at radius 2 is 1.75 bits per heavy atom. The number of likely N-dealkylation sites (tertiary alicyclic amines) is 1. The number of anilines is 1. The number of hydrogen-bond donors (Lipinski definition) is 3. The van der Waals surface area contributed by atoms with Gasteiger partial charge in [-0.15, -0.1) is 0 Å². The number of rotatable bonds is 6. The molecule has 2 saturated heterocycles. The first-order valence-electron chi connectivity index (χ1n) is 9.77. The maximum atomic E-state index is 12.3. The lowest BCUT2D eigenvalue weighted by molar-refractivity contribution is -0.121. The van der Waals surface area contributed by atoms with E-state index < -0.39 is 9.84 Å². The highest BCUT2D eigenvalue weighted by Crippen LogP contribution is 2.22. The number of benzene rings is 1. The molecule has 0 aromatic heterocycles. The molecular weight excluding hydrogens is 380 g/mol. The fourth-order valence-electron chi connectivity index (χ4n) is 3.84. The molecule has 2 heterocycles. The van der Waals surface area contributed by atoms with Crippen LogP contribution < -0.4 is 16.0 Å². The Morgan fingerprint density at radius 1 is 1.04 bits per heavy atom. The van der Waals surface area contributed by atoms with Crippen molar-refractivity contribution in [3.8, 4) is 0 Å². The van der Waals surface area contributed by atoms with Gasteiger partial charge in [-0.2, -0.15) is 0 Å². The van der Waals surface area contributed by atoms with Crippen molar-refractivity contribution in [3.05, 3.63) is 30.3 Å². The van der Waals surface area contributed by atoms with E-state index in [1.165, 1.54) is 6.42 Å². The van der Waals surface area contributed by atoms with E-state index in [1.54, 1.807) is 12.1 Å². The molecule has 2 unspecified atom stereocenters. The molecule has 2 atom stereocenters. The molecule has 2 aliphatic heterocycles. The van der Waals surface area contributed by atoms with Gasteiger partial charge in [0.15, 0.2) is 9.84 Å². The van der Waals surface area contributed by atoms with Crippen LogP contribution in [0.25, 0.3) is 0 Å². The van der Waals surface area contributed by atoms with Gasteiger partial charge >= 0.3 is 6.03 Å². The standard InChI is InChI=1S/C19H28N4O4S/c24-18(9-10-20-19(25)21-15-7-3-1-4-8-15)22-16-13-28(26,27)14-17(16)23-11-5-2-6-12-23/h1,3-4,7-8,16-17H,2,5-6,9-14H2,(H,22,24)(H2,20,21,25). The number of hydrogen-bond acceptors (Lipinski definition) is 5. The van der Waals surface area contributed by atoms with Crippen molar-refractivity contribution in [1.82, 2.24) is 15.5 Å². The van der Waals surface area contributed by atoms with Gasteiger partial charge in [-0.05, 0) is 38.1 Å². The monoisotopic (exact) mass is 408 g/mol. The lowest BCUT2D eigenvalue weighted by Crippen LogP contribution is -2.52. The summed E-state index contributed by atoms with van der Waals surface area (Å²) in [5.41, 5.74) is 0.671. The maximum absolute atomic E-state index is 12.3. The van der Waals surface area contributed by atoms with Gasteiger partial charge in [0.05, 0.1) is 17.5 Å². The number of carbonyl (C=O) groups excluding carboxylic acids is 2. The van der Waals surface area contributed by atoms with Crippen LogP contribution in [-0.2, 0) is 14.6 Å². The molecule has 3 amide bonds. The molecule has 0 aliphatic carbocycles. The van der Waals surface area contributed by atoms with Crippen molar-refractivity contribution < 1.29 is 18.0 Å². The molecule has 1 aromatic carbocycles. The minimum atomic E-state index is -3.14. The normalized spacial score (nSPS) is 24.4. The molecule has 8 nitrogen and oxygen atoms in total. The van der Waals surface area contributed by atoms with Crippen LogP contribution in [0.15, 0.2) is 30.3 Å². The van der Waals surface area contributed by atoms with E-state index in [1.807, 2.05) is 18.2 Å². The Labute approximate surface area is 166 Å². The molecule has 3 N–H and O–H groups in total. The molecule has 154 valence electrons. The van der Waals surface area contributed by atoms with E-state index in [2.05, 4.69) is 20.9 Å². The fraction of sp³-hybridized carbons (Fsp3) is 0.579. The highest BCUT2D eigenvalue weighted by atomic mass is 32.2. The largest absolute Gasteiger partial charge is 0.351 e. The maximum Gasteiger partial charge on any atom is 0.319 e. The molecule has 0 spiro atoms. The van der Waals surface area contributed by atoms with Crippen LogP contribution in [0.5, 0.6) is 0 Å². The zero-order valence-corrected chi connectivity index (χ0v) is 16.7. The Morgan fingerprint density at radius 3 is 2.46 bits per heavy atom. The summed E-state index contributed by atoms with van der Waals surface area (Å²) in [5.74, 6) is -0.151. The third-order valence-electron chi connectivity index (χ3n) is 5.20. The van der Waals surface area contributed by atoms with Gasteiger partial charge in [-0.1, -0.05) is 24.6 Å². The van der Waals surface area contributed by atoms with Crippen molar-refractivity contribution in [2.24, 2.45) is 0 Å². The van der Waals surface area contributed by atoms with Gasteiger partial charge < -0.3 is 16.0 Å². The molecular formula is C19H28N4O4S. The molecule has 0 saturated carbocycles. The Hall–Kier alpha value is -2.13. The minimum Gasteiger partial charge on any atom is -0.351 e. The van der Waals surface area contributed by atoms with Gasteiger partial charge in [0.1, 0.15) is 0 Å². The zero-order valence-electron chi connectivity index (χ0n) is 15.9. The van der Waals surface area contributed by atoms with Crippen LogP contribution in [0.2, 0.25) is 0 Å². The highest BCUT2D eigenvalue weighted by Gasteiger charge is 2.41. The summed E-state index contributed by atoms with van der Waals surface area (Å²) in [6.07, 6.45) is 3.41. The van der Waals surface area contributed by atoms with E-state index in [-0.39, 0.29) is 48.5 Å². The van der Waals surface area contributed by atoms with E-state index in [9.17, 15) is 18.0 Å². The quantitative estimate of drug-likeness (QED) is 0.650. The van der Waals surface area contributed by atoms with Gasteiger partial charge in [0.25, 0.3) is 0 Å². The van der Waals surface area contributed by atoms with Gasteiger partial charge in [-0.25, -0.2) is 13.2 Å². The number of urea groups is 1. The Kier molecular flexibility index (Phi) is 6.90. The van der Waals surface area contributed by atoms with Crippen LogP contribution in [-0.4, -0.2) is 68.5 Å². The van der Waals surface area contributed by atoms with E-state index in [0.717, 1.165) is 25.9 Å². The number of sulfone groups is 1. The van der Waals surface area contributed by atoms with Crippen molar-refractivity contribution in [2.75, 3.05) is 36.5 Å². The summed E-state index contributed by atoms with van der Waals surface area (Å²) in [7, 11) is -3.14. The van der Waals surface area contributed by atoms with Crippen LogP contribution in [0.1, 0.15) is 25.7 Å². The first-order chi connectivity index (χ1) is 13.4. The zero-order chi connectivity index (χ0) is 20.0. The first kappa shape index (κ1) is 20.6. The summed E-state index contributed by atoms with van der Waals surface area (Å²) in [6.45, 7) is 1.94. The van der Waals surface area contributed by atoms with Crippen LogP contribution in [0.4, 0.5) is 10.5 Å². The predicted octanol–water partition coefficient (Wildman–Crippen LogP) is 0.966. The number of nitrogens with one attached hydrogen (secondary N) is 3. The summed E-state index contributed by atoms with van der Waals surface area (Å²) in [6, 6.07) is 8.12. The lowest BCUT2D eigenvalue weighted by Gasteiger charge is -2.35. The third kappa shape index (κ3) is 5.93. The van der Waals surface area contributed by atoms with Crippen molar-refractivity contribution in [2.45, 2.75) is 37.8 Å². The van der Waals surface area contributed by atoms with Crippen molar-refractivity contribution in [3.63, 3.8) is 0 Å². The average Bonchev–Trinajstić information content (AvgIpc) is 2.97. The summed E-state index contributed by atoms with van der Waals surface area (Å²) < 4.78 is 24.2. The number of carbonyl (C=O) groups is 2. The van der Waals surface area contributed by atoms with Gasteiger partial charge in [0, 0.05) is 24.7 Å². The molecule has 9 heteroatoms. The lowest BCUT2D eigenvalue weighted by atomic mass is 10.0. The molecule has 0 radical (unpaired) electrons. The molecule has 0 bridgehead atoms. The summed E-state index contributed by atoms with van der Waals surface area (Å²) >= 11 is 0. The Balaban J connectivity index is 1.44. The van der Waals surface area contributed by atoms with E-state index in [0.29, 0.717) is 5.69 Å². The number of amides is 3. The molecule has 28 heavy (non-hydrogen) atoms. The van der Waals surface area contributed by atoms with Crippen LogP contribution >= 0.6 is 0 Å². The SMILES string of the molecule is O=C(CCNC(=O)Nc1ccccc1)NC1CS(=O)(=O)CC1N1CCCCC1. The second-order valence-electron chi connectivity index (χ2n) is 7.41. The van der Waals surface area contributed by atoms with Crippen molar-refractivity contribution in [1.29, 1.82) is 0 Å². The number of nitrogens with zero attached hydrogens (tertiary/aromatic N) is 1. The fourth-order valence-corrected chi connectivity index (χ4v) is 5.79. The molecule has 2 aliphatic rings. The first-order valence-corrected chi connectivity index (χ1v) is 11.6. The Bertz CT molecular complexity index is 778. The molecule has 3 rings (SSSR count). The van der Waals surface area contributed by atoms with E-state index >= 15 is 0 Å². The summed E-state index contributed by atoms with van der Waals surface area (Å²) in [5, 5.41) is 8.19. The smallest absolute Gasteiger partial charge is 0.319 e. The van der Waals surface area contributed by atoms with Gasteiger partial charge in [0.2, 0.25) is 5.91 Å². The van der Waals surface area contributed by atoms with E-state index in [4.69, 9.17) is 0 Å². The average molecular weight is 409 g/mol. The summed E-state index contributed by atoms with van der Waals surface area (Å²) in [4.78, 5) is 26.3. The van der Waals surface area contributed by atoms with Crippen LogP contribution in [0, 0.1) is 0 Å². The topological polar surface area (TPSA) is 108 Å². The van der Waals surface area contributed by atoms with Crippen LogP contribution in [0.3, 0.4) is 0 Å². The highest BCUT2D eigenvalue weighted by molar-refractivity contribution is 7.91. The number of para-hydroxylation sites is 1. The molecule has 2 fully saturated rings.